The fourth-order valence-electron chi connectivity index (χ4n) is 3.36. The van der Waals surface area contributed by atoms with Crippen molar-refractivity contribution < 1.29 is 23.0 Å². The lowest BCUT2D eigenvalue weighted by Crippen LogP contribution is -2.14. The summed E-state index contributed by atoms with van der Waals surface area (Å²) in [4.78, 5) is 12.7. The number of allylic oxidation sites excluding steroid dienone is 1. The van der Waals surface area contributed by atoms with Gasteiger partial charge in [-0.15, -0.1) is 0 Å². The van der Waals surface area contributed by atoms with Crippen LogP contribution in [0, 0.1) is 40.2 Å². The summed E-state index contributed by atoms with van der Waals surface area (Å²) in [5, 5.41) is 9.53. The van der Waals surface area contributed by atoms with E-state index in [2.05, 4.69) is 31.9 Å². The Hall–Kier alpha value is -2.24. The maximum atomic E-state index is 13.8. The van der Waals surface area contributed by atoms with Gasteiger partial charge in [0.25, 0.3) is 0 Å². The third-order valence-electron chi connectivity index (χ3n) is 5.13. The monoisotopic (exact) mass is 539 g/mol. The van der Waals surface area contributed by atoms with Crippen molar-refractivity contribution in [1.29, 1.82) is 5.26 Å². The zero-order valence-corrected chi connectivity index (χ0v) is 19.2. The van der Waals surface area contributed by atoms with Gasteiger partial charge >= 0.3 is 5.97 Å². The molecule has 1 aliphatic rings. The highest BCUT2D eigenvalue weighted by atomic mass is 79.9. The van der Waals surface area contributed by atoms with E-state index in [1.165, 1.54) is 24.3 Å². The molecule has 0 heterocycles. The Balaban J connectivity index is 1.76. The summed E-state index contributed by atoms with van der Waals surface area (Å²) in [6, 6.07) is 11.7. The van der Waals surface area contributed by atoms with Crippen molar-refractivity contribution in [3.05, 3.63) is 69.1 Å². The fourth-order valence-corrected chi connectivity index (χ4v) is 3.93. The topological polar surface area (TPSA) is 59.3 Å². The Bertz CT molecular complexity index is 1040. The molecule has 2 aromatic rings. The summed E-state index contributed by atoms with van der Waals surface area (Å²) in [6.45, 7) is 3.90. The highest BCUT2D eigenvalue weighted by Gasteiger charge is 2.61. The van der Waals surface area contributed by atoms with Gasteiger partial charge in [-0.2, -0.15) is 9.65 Å². The highest BCUT2D eigenvalue weighted by molar-refractivity contribution is 9.28. The van der Waals surface area contributed by atoms with Crippen LogP contribution < -0.4 is 4.74 Å². The van der Waals surface area contributed by atoms with Gasteiger partial charge in [-0.05, 0) is 67.5 Å². The van der Waals surface area contributed by atoms with Gasteiger partial charge in [-0.3, -0.25) is 4.79 Å². The Morgan fingerprint density at radius 2 is 1.93 bits per heavy atom. The predicted molar refractivity (Wildman–Crippen MR) is 114 cm³/mol. The van der Waals surface area contributed by atoms with Crippen molar-refractivity contribution in [3.63, 3.8) is 0 Å². The van der Waals surface area contributed by atoms with Crippen LogP contribution in [0.4, 0.5) is 8.78 Å². The first-order valence-corrected chi connectivity index (χ1v) is 10.6. The number of hydrogen-bond acceptors (Lipinski definition) is 4. The van der Waals surface area contributed by atoms with Crippen molar-refractivity contribution >= 4 is 37.8 Å². The lowest BCUT2D eigenvalue weighted by atomic mass is 10.1. The van der Waals surface area contributed by atoms with Crippen LogP contribution in [0.5, 0.6) is 11.5 Å². The molecule has 30 heavy (non-hydrogen) atoms. The molecule has 3 unspecified atom stereocenters. The average Bonchev–Trinajstić information content (AvgIpc) is 3.22. The van der Waals surface area contributed by atoms with Gasteiger partial charge in [0, 0.05) is 5.56 Å². The van der Waals surface area contributed by atoms with Gasteiger partial charge < -0.3 is 9.47 Å². The predicted octanol–water partition coefficient (Wildman–Crippen LogP) is 6.77. The largest absolute Gasteiger partial charge is 0.454 e. The molecule has 3 rings (SSSR count). The van der Waals surface area contributed by atoms with E-state index in [0.29, 0.717) is 5.56 Å². The first kappa shape index (κ1) is 22.4. The molecule has 0 spiro atoms. The Morgan fingerprint density at radius 3 is 2.60 bits per heavy atom. The van der Waals surface area contributed by atoms with Gasteiger partial charge in [-0.1, -0.05) is 38.1 Å². The van der Waals surface area contributed by atoms with E-state index in [9.17, 15) is 18.8 Å². The molecule has 0 N–H and O–H groups in total. The fraction of sp³-hybridized carbons (Fsp3) is 0.273. The summed E-state index contributed by atoms with van der Waals surface area (Å²) in [5.41, 5.74) is 0.0800. The molecule has 0 saturated heterocycles. The number of nitriles is 1. The molecule has 3 atom stereocenters. The summed E-state index contributed by atoms with van der Waals surface area (Å²) in [7, 11) is 0. The molecule has 0 aliphatic heterocycles. The minimum atomic E-state index is -1.16. The van der Waals surface area contributed by atoms with E-state index in [0.717, 1.165) is 9.46 Å². The number of rotatable bonds is 6. The molecule has 2 aromatic carbocycles. The normalized spacial score (nSPS) is 19.9. The lowest BCUT2D eigenvalue weighted by Gasteiger charge is -2.14. The molecule has 156 valence electrons. The Labute approximate surface area is 189 Å². The van der Waals surface area contributed by atoms with Crippen LogP contribution in [-0.4, -0.2) is 5.97 Å². The number of benzene rings is 2. The summed E-state index contributed by atoms with van der Waals surface area (Å²) < 4.78 is 38.8. The van der Waals surface area contributed by atoms with Crippen LogP contribution in [0.2, 0.25) is 0 Å². The number of carbonyl (C=O) groups is 1. The number of carbonyl (C=O) groups excluding carboxylic acids is 1. The second-order valence-electron chi connectivity index (χ2n) is 7.45. The highest BCUT2D eigenvalue weighted by Crippen LogP contribution is 2.60. The quantitative estimate of drug-likeness (QED) is 0.379. The summed E-state index contributed by atoms with van der Waals surface area (Å²) in [5.74, 6) is -3.12. The van der Waals surface area contributed by atoms with Crippen LogP contribution in [-0.2, 0) is 9.53 Å². The molecule has 1 fully saturated rings. The Morgan fingerprint density at radius 1 is 1.23 bits per heavy atom. The van der Waals surface area contributed by atoms with Gasteiger partial charge in [0.05, 0.1) is 9.31 Å². The molecule has 1 aliphatic carbocycles. The van der Waals surface area contributed by atoms with Gasteiger partial charge in [0.15, 0.2) is 11.6 Å². The average molecular weight is 541 g/mol. The number of halogens is 4. The summed E-state index contributed by atoms with van der Waals surface area (Å²) >= 11 is 6.60. The maximum Gasteiger partial charge on any atom is 0.311 e. The smallest absolute Gasteiger partial charge is 0.311 e. The van der Waals surface area contributed by atoms with E-state index in [1.54, 1.807) is 12.1 Å². The molecule has 4 nitrogen and oxygen atoms in total. The number of hydrogen-bond donors (Lipinski definition) is 0. The zero-order valence-electron chi connectivity index (χ0n) is 16.0. The molecular formula is C22H17Br2F2NO3. The first-order chi connectivity index (χ1) is 14.1. The maximum absolute atomic E-state index is 13.8. The molecule has 1 saturated carbocycles. The van der Waals surface area contributed by atoms with Crippen molar-refractivity contribution in [3.8, 4) is 17.6 Å². The first-order valence-electron chi connectivity index (χ1n) is 9.00. The number of ether oxygens (including phenoxy) is 2. The van der Waals surface area contributed by atoms with Crippen LogP contribution in [0.1, 0.15) is 25.5 Å². The molecule has 0 radical (unpaired) electrons. The van der Waals surface area contributed by atoms with Crippen molar-refractivity contribution in [1.82, 2.24) is 0 Å². The van der Waals surface area contributed by atoms with E-state index in [4.69, 9.17) is 9.47 Å². The molecular weight excluding hydrogens is 524 g/mol. The van der Waals surface area contributed by atoms with Crippen LogP contribution in [0.3, 0.4) is 0 Å². The number of nitrogens with zero attached hydrogens (tertiary/aromatic N) is 1. The van der Waals surface area contributed by atoms with E-state index in [1.807, 2.05) is 26.0 Å². The van der Waals surface area contributed by atoms with Crippen molar-refractivity contribution in [2.75, 3.05) is 0 Å². The standard InChI is InChI=1S/C22H17Br2F2NO3/c1-22(2)14(10-18(23)24)19(22)21(28)30-17(11-27)12-5-3-6-13(9-12)29-16-8-4-7-15(25)20(16)26/h3-10,14,17,19H,1-2H3. The van der Waals surface area contributed by atoms with E-state index >= 15 is 0 Å². The van der Waals surface area contributed by atoms with Gasteiger partial charge in [0.2, 0.25) is 11.9 Å². The summed E-state index contributed by atoms with van der Waals surface area (Å²) in [6.07, 6.45) is 0.724. The van der Waals surface area contributed by atoms with Gasteiger partial charge in [-0.25, -0.2) is 4.39 Å². The van der Waals surface area contributed by atoms with E-state index < -0.39 is 23.7 Å². The second-order valence-corrected chi connectivity index (χ2v) is 10.2. The van der Waals surface area contributed by atoms with Crippen LogP contribution >= 0.6 is 31.9 Å². The Kier molecular flexibility index (Phi) is 6.63. The SMILES string of the molecule is CC1(C)C(C=C(Br)Br)C1C(=O)OC(C#N)c1cccc(Oc2cccc(F)c2F)c1. The molecule has 0 bridgehead atoms. The third kappa shape index (κ3) is 4.73. The molecule has 0 aromatic heterocycles. The number of esters is 1. The minimum absolute atomic E-state index is 0.0243. The lowest BCUT2D eigenvalue weighted by molar-refractivity contribution is -0.149. The van der Waals surface area contributed by atoms with Crippen molar-refractivity contribution in [2.45, 2.75) is 20.0 Å². The molecule has 0 amide bonds. The van der Waals surface area contributed by atoms with Gasteiger partial charge in [0.1, 0.15) is 11.8 Å². The third-order valence-corrected chi connectivity index (χ3v) is 5.65. The zero-order chi connectivity index (χ0) is 22.1. The second kappa shape index (κ2) is 8.86. The van der Waals surface area contributed by atoms with Crippen molar-refractivity contribution in [2.24, 2.45) is 17.3 Å². The van der Waals surface area contributed by atoms with E-state index in [-0.39, 0.29) is 28.7 Å². The molecule has 8 heteroatoms. The van der Waals surface area contributed by atoms with Crippen LogP contribution in [0.15, 0.2) is 51.9 Å². The minimum Gasteiger partial charge on any atom is -0.454 e. The van der Waals surface area contributed by atoms with Crippen LogP contribution in [0.25, 0.3) is 0 Å².